The molecule has 0 aliphatic heterocycles. The minimum atomic E-state index is -0.252. The van der Waals surface area contributed by atoms with E-state index in [4.69, 9.17) is 9.47 Å². The summed E-state index contributed by atoms with van der Waals surface area (Å²) in [6.07, 6.45) is 0. The van der Waals surface area contributed by atoms with Crippen molar-refractivity contribution in [1.82, 2.24) is 0 Å². The fraction of sp³-hybridized carbons (Fsp3) is 0.200. The van der Waals surface area contributed by atoms with E-state index in [2.05, 4.69) is 21.2 Å². The van der Waals surface area contributed by atoms with Crippen LogP contribution in [0.15, 0.2) is 40.9 Å². The molecule has 0 fully saturated rings. The predicted molar refractivity (Wildman–Crippen MR) is 81.0 cm³/mol. The molecule has 2 aromatic rings. The Bertz CT molecular complexity index is 604. The lowest BCUT2D eigenvalue weighted by atomic mass is 10.2. The second-order valence-electron chi connectivity index (χ2n) is 4.16. The minimum absolute atomic E-state index is 0.252. The highest BCUT2D eigenvalue weighted by Crippen LogP contribution is 2.30. The van der Waals surface area contributed by atoms with Crippen LogP contribution in [-0.4, -0.2) is 14.2 Å². The van der Waals surface area contributed by atoms with Crippen LogP contribution < -0.4 is 14.8 Å². The molecule has 0 aliphatic rings. The molecular formula is C15H15BrFNO2. The molecule has 0 radical (unpaired) electrons. The molecule has 0 heterocycles. The average molecular weight is 340 g/mol. The van der Waals surface area contributed by atoms with Gasteiger partial charge in [0.05, 0.1) is 14.2 Å². The number of methoxy groups -OCH3 is 2. The van der Waals surface area contributed by atoms with Crippen LogP contribution in [0.3, 0.4) is 0 Å². The summed E-state index contributed by atoms with van der Waals surface area (Å²) in [7, 11) is 3.18. The van der Waals surface area contributed by atoms with Gasteiger partial charge in [0.25, 0.3) is 0 Å². The summed E-state index contributed by atoms with van der Waals surface area (Å²) in [5.74, 6) is 1.07. The van der Waals surface area contributed by atoms with Crippen molar-refractivity contribution in [1.29, 1.82) is 0 Å². The molecule has 0 atom stereocenters. The SMILES string of the molecule is COc1ccc(NCc2cc(F)ccc2Br)cc1OC. The van der Waals surface area contributed by atoms with Crippen LogP contribution in [0.25, 0.3) is 0 Å². The van der Waals surface area contributed by atoms with E-state index in [0.717, 1.165) is 15.7 Å². The lowest BCUT2D eigenvalue weighted by Gasteiger charge is -2.12. The Hall–Kier alpha value is -1.75. The van der Waals surface area contributed by atoms with Gasteiger partial charge in [-0.25, -0.2) is 4.39 Å². The summed E-state index contributed by atoms with van der Waals surface area (Å²) in [6.45, 7) is 0.508. The molecule has 106 valence electrons. The monoisotopic (exact) mass is 339 g/mol. The number of hydrogen-bond acceptors (Lipinski definition) is 3. The molecule has 0 amide bonds. The van der Waals surface area contributed by atoms with Gasteiger partial charge in [-0.2, -0.15) is 0 Å². The zero-order valence-corrected chi connectivity index (χ0v) is 12.8. The molecule has 0 aromatic heterocycles. The summed E-state index contributed by atoms with van der Waals surface area (Å²) >= 11 is 3.40. The van der Waals surface area contributed by atoms with Crippen LogP contribution in [-0.2, 0) is 6.54 Å². The maximum atomic E-state index is 13.2. The Labute approximate surface area is 125 Å². The van der Waals surface area contributed by atoms with Crippen LogP contribution in [0.5, 0.6) is 11.5 Å². The van der Waals surface area contributed by atoms with Gasteiger partial charge >= 0.3 is 0 Å². The number of ether oxygens (including phenoxy) is 2. The number of halogens is 2. The van der Waals surface area contributed by atoms with Crippen LogP contribution in [0.1, 0.15) is 5.56 Å². The standard InChI is InChI=1S/C15H15BrFNO2/c1-19-14-6-4-12(8-15(14)20-2)18-9-10-7-11(17)3-5-13(10)16/h3-8,18H,9H2,1-2H3. The number of hydrogen-bond donors (Lipinski definition) is 1. The topological polar surface area (TPSA) is 30.5 Å². The van der Waals surface area contributed by atoms with Crippen molar-refractivity contribution in [2.45, 2.75) is 6.54 Å². The maximum absolute atomic E-state index is 13.2. The Morgan fingerprint density at radius 1 is 1.05 bits per heavy atom. The highest BCUT2D eigenvalue weighted by atomic mass is 79.9. The number of benzene rings is 2. The molecule has 1 N–H and O–H groups in total. The molecule has 0 saturated heterocycles. The second-order valence-corrected chi connectivity index (χ2v) is 5.01. The zero-order valence-electron chi connectivity index (χ0n) is 11.2. The van der Waals surface area contributed by atoms with Gasteiger partial charge < -0.3 is 14.8 Å². The smallest absolute Gasteiger partial charge is 0.162 e. The first-order valence-electron chi connectivity index (χ1n) is 6.04. The molecule has 5 heteroatoms. The summed E-state index contributed by atoms with van der Waals surface area (Å²) in [4.78, 5) is 0. The zero-order chi connectivity index (χ0) is 14.5. The minimum Gasteiger partial charge on any atom is -0.493 e. The van der Waals surface area contributed by atoms with E-state index in [1.54, 1.807) is 20.3 Å². The quantitative estimate of drug-likeness (QED) is 0.884. The number of anilines is 1. The highest BCUT2D eigenvalue weighted by molar-refractivity contribution is 9.10. The van der Waals surface area contributed by atoms with Crippen molar-refractivity contribution >= 4 is 21.6 Å². The molecule has 0 saturated carbocycles. The number of rotatable bonds is 5. The summed E-state index contributed by atoms with van der Waals surface area (Å²) < 4.78 is 24.5. The maximum Gasteiger partial charge on any atom is 0.162 e. The second kappa shape index (κ2) is 6.61. The van der Waals surface area contributed by atoms with Crippen LogP contribution >= 0.6 is 15.9 Å². The van der Waals surface area contributed by atoms with E-state index in [1.165, 1.54) is 12.1 Å². The van der Waals surface area contributed by atoms with Crippen molar-refractivity contribution in [2.75, 3.05) is 19.5 Å². The van der Waals surface area contributed by atoms with Gasteiger partial charge in [-0.15, -0.1) is 0 Å². The molecule has 3 nitrogen and oxygen atoms in total. The third kappa shape index (κ3) is 3.42. The molecule has 2 aromatic carbocycles. The average Bonchev–Trinajstić information content (AvgIpc) is 2.47. The third-order valence-corrected chi connectivity index (χ3v) is 3.65. The van der Waals surface area contributed by atoms with E-state index in [1.807, 2.05) is 18.2 Å². The molecular weight excluding hydrogens is 325 g/mol. The van der Waals surface area contributed by atoms with Crippen LogP contribution in [0, 0.1) is 5.82 Å². The highest BCUT2D eigenvalue weighted by Gasteiger charge is 2.06. The van der Waals surface area contributed by atoms with Crippen LogP contribution in [0.4, 0.5) is 10.1 Å². The third-order valence-electron chi connectivity index (χ3n) is 2.87. The van der Waals surface area contributed by atoms with Crippen molar-refractivity contribution in [2.24, 2.45) is 0 Å². The molecule has 0 unspecified atom stereocenters. The van der Waals surface area contributed by atoms with Crippen LogP contribution in [0.2, 0.25) is 0 Å². The largest absolute Gasteiger partial charge is 0.493 e. The van der Waals surface area contributed by atoms with Gasteiger partial charge in [0.1, 0.15) is 5.82 Å². The van der Waals surface area contributed by atoms with Crippen molar-refractivity contribution in [3.05, 3.63) is 52.3 Å². The lowest BCUT2D eigenvalue weighted by Crippen LogP contribution is -2.01. The van der Waals surface area contributed by atoms with E-state index < -0.39 is 0 Å². The Kier molecular flexibility index (Phi) is 4.84. The fourth-order valence-electron chi connectivity index (χ4n) is 1.82. The van der Waals surface area contributed by atoms with E-state index in [9.17, 15) is 4.39 Å². The van der Waals surface area contributed by atoms with Gasteiger partial charge in [-0.1, -0.05) is 15.9 Å². The summed E-state index contributed by atoms with van der Waals surface area (Å²) in [5.41, 5.74) is 1.72. The van der Waals surface area contributed by atoms with E-state index in [0.29, 0.717) is 18.0 Å². The summed E-state index contributed by atoms with van der Waals surface area (Å²) in [5, 5.41) is 3.22. The Balaban J connectivity index is 2.12. The van der Waals surface area contributed by atoms with Gasteiger partial charge in [0.15, 0.2) is 11.5 Å². The molecule has 0 aliphatic carbocycles. The fourth-order valence-corrected chi connectivity index (χ4v) is 2.21. The van der Waals surface area contributed by atoms with Crippen molar-refractivity contribution in [3.8, 4) is 11.5 Å². The molecule has 2 rings (SSSR count). The molecule has 0 spiro atoms. The number of nitrogens with one attached hydrogen (secondary N) is 1. The lowest BCUT2D eigenvalue weighted by molar-refractivity contribution is 0.355. The molecule has 20 heavy (non-hydrogen) atoms. The van der Waals surface area contributed by atoms with Gasteiger partial charge in [0.2, 0.25) is 0 Å². The normalized spacial score (nSPS) is 10.2. The van der Waals surface area contributed by atoms with E-state index in [-0.39, 0.29) is 5.82 Å². The predicted octanol–water partition coefficient (Wildman–Crippen LogP) is 4.22. The van der Waals surface area contributed by atoms with Gasteiger partial charge in [0, 0.05) is 22.8 Å². The summed E-state index contributed by atoms with van der Waals surface area (Å²) in [6, 6.07) is 10.2. The van der Waals surface area contributed by atoms with E-state index >= 15 is 0 Å². The first-order chi connectivity index (χ1) is 9.63. The van der Waals surface area contributed by atoms with Crippen molar-refractivity contribution in [3.63, 3.8) is 0 Å². The Morgan fingerprint density at radius 3 is 2.50 bits per heavy atom. The van der Waals surface area contributed by atoms with Gasteiger partial charge in [-0.05, 0) is 35.9 Å². The first-order valence-corrected chi connectivity index (χ1v) is 6.83. The molecule has 0 bridgehead atoms. The van der Waals surface area contributed by atoms with Gasteiger partial charge in [-0.3, -0.25) is 0 Å². The van der Waals surface area contributed by atoms with Crippen molar-refractivity contribution < 1.29 is 13.9 Å². The Morgan fingerprint density at radius 2 is 1.80 bits per heavy atom. The first kappa shape index (κ1) is 14.7.